The molecule has 0 saturated heterocycles. The van der Waals surface area contributed by atoms with Crippen LogP contribution in [0.3, 0.4) is 0 Å². The number of ether oxygens (including phenoxy) is 2. The van der Waals surface area contributed by atoms with Crippen LogP contribution in [0.1, 0.15) is 6.92 Å². The average molecular weight is 282 g/mol. The van der Waals surface area contributed by atoms with Crippen LogP contribution in [0, 0.1) is 0 Å². The van der Waals surface area contributed by atoms with Crippen molar-refractivity contribution in [3.05, 3.63) is 0 Å². The third kappa shape index (κ3) is 8.62. The van der Waals surface area contributed by atoms with Gasteiger partial charge in [0.05, 0.1) is 11.5 Å². The van der Waals surface area contributed by atoms with E-state index in [1.807, 2.05) is 0 Å². The van der Waals surface area contributed by atoms with Crippen molar-refractivity contribution in [1.29, 1.82) is 0 Å². The first-order valence-electron chi connectivity index (χ1n) is 5.37. The smallest absolute Gasteiger partial charge is 0.407 e. The van der Waals surface area contributed by atoms with E-state index >= 15 is 0 Å². The van der Waals surface area contributed by atoms with Gasteiger partial charge in [-0.05, 0) is 6.92 Å². The zero-order chi connectivity index (χ0) is 14.0. The van der Waals surface area contributed by atoms with Gasteiger partial charge in [-0.25, -0.2) is 18.0 Å². The summed E-state index contributed by atoms with van der Waals surface area (Å²) in [6.45, 7) is 1.66. The lowest BCUT2D eigenvalue weighted by molar-refractivity contribution is 0.153. The standard InChI is InChI=1S/C9H18N2O6S/c1-3-11-9(13)17-5-7-18(14,15)6-4-16-8(12)10-2/h3-7H2,1-2H3,(H,10,12)(H,11,13). The highest BCUT2D eigenvalue weighted by Gasteiger charge is 2.13. The van der Waals surface area contributed by atoms with Crippen molar-refractivity contribution in [2.24, 2.45) is 0 Å². The van der Waals surface area contributed by atoms with Crippen LogP contribution < -0.4 is 10.6 Å². The highest BCUT2D eigenvalue weighted by molar-refractivity contribution is 7.91. The Morgan fingerprint density at radius 3 is 2.00 bits per heavy atom. The van der Waals surface area contributed by atoms with Crippen molar-refractivity contribution in [2.45, 2.75) is 6.92 Å². The Hall–Kier alpha value is -1.51. The fraction of sp³-hybridized carbons (Fsp3) is 0.778. The van der Waals surface area contributed by atoms with E-state index < -0.39 is 22.0 Å². The summed E-state index contributed by atoms with van der Waals surface area (Å²) in [6, 6.07) is 0. The van der Waals surface area contributed by atoms with E-state index in [9.17, 15) is 18.0 Å². The maximum Gasteiger partial charge on any atom is 0.407 e. The van der Waals surface area contributed by atoms with Crippen molar-refractivity contribution < 1.29 is 27.5 Å². The quantitative estimate of drug-likeness (QED) is 0.651. The molecule has 0 spiro atoms. The van der Waals surface area contributed by atoms with Gasteiger partial charge in [0.1, 0.15) is 13.2 Å². The fourth-order valence-electron chi connectivity index (χ4n) is 0.892. The van der Waals surface area contributed by atoms with Gasteiger partial charge in [0, 0.05) is 13.6 Å². The predicted molar refractivity (Wildman–Crippen MR) is 64.1 cm³/mol. The molecule has 0 aliphatic rings. The summed E-state index contributed by atoms with van der Waals surface area (Å²) in [5.41, 5.74) is 0. The Morgan fingerprint density at radius 1 is 1.06 bits per heavy atom. The zero-order valence-corrected chi connectivity index (χ0v) is 11.2. The van der Waals surface area contributed by atoms with Gasteiger partial charge in [0.2, 0.25) is 0 Å². The number of amides is 2. The molecule has 18 heavy (non-hydrogen) atoms. The highest BCUT2D eigenvalue weighted by atomic mass is 32.2. The fourth-order valence-corrected chi connectivity index (χ4v) is 1.77. The third-order valence-electron chi connectivity index (χ3n) is 1.78. The van der Waals surface area contributed by atoms with Gasteiger partial charge in [-0.1, -0.05) is 0 Å². The Morgan fingerprint density at radius 2 is 1.56 bits per heavy atom. The van der Waals surface area contributed by atoms with Crippen molar-refractivity contribution in [3.8, 4) is 0 Å². The second kappa shape index (κ2) is 8.56. The SMILES string of the molecule is CCNC(=O)OCCS(=O)(=O)CCOC(=O)NC. The Labute approximate surface area is 106 Å². The van der Waals surface area contributed by atoms with E-state index in [0.29, 0.717) is 6.54 Å². The Balaban J connectivity index is 3.80. The van der Waals surface area contributed by atoms with Crippen LogP contribution in [-0.4, -0.2) is 58.9 Å². The average Bonchev–Trinajstić information content (AvgIpc) is 2.28. The van der Waals surface area contributed by atoms with Crippen molar-refractivity contribution >= 4 is 22.0 Å². The predicted octanol–water partition coefficient (Wildman–Crippen LogP) is -0.497. The lowest BCUT2D eigenvalue weighted by Gasteiger charge is -2.07. The summed E-state index contributed by atoms with van der Waals surface area (Å²) in [5.74, 6) is -0.611. The van der Waals surface area contributed by atoms with E-state index in [2.05, 4.69) is 20.1 Å². The normalized spacial score (nSPS) is 10.6. The van der Waals surface area contributed by atoms with Gasteiger partial charge >= 0.3 is 12.2 Å². The number of carbonyl (C=O) groups is 2. The van der Waals surface area contributed by atoms with Crippen LogP contribution >= 0.6 is 0 Å². The number of sulfone groups is 1. The molecule has 8 nitrogen and oxygen atoms in total. The first-order valence-corrected chi connectivity index (χ1v) is 7.19. The lowest BCUT2D eigenvalue weighted by atomic mass is 10.7. The molecule has 0 aromatic rings. The molecule has 0 saturated carbocycles. The summed E-state index contributed by atoms with van der Waals surface area (Å²) in [5, 5.41) is 4.55. The highest BCUT2D eigenvalue weighted by Crippen LogP contribution is 1.92. The van der Waals surface area contributed by atoms with Crippen LogP contribution in [0.15, 0.2) is 0 Å². The largest absolute Gasteiger partial charge is 0.448 e. The maximum absolute atomic E-state index is 11.4. The number of hydrogen-bond donors (Lipinski definition) is 2. The molecule has 0 aromatic carbocycles. The van der Waals surface area contributed by atoms with Gasteiger partial charge in [-0.3, -0.25) is 0 Å². The summed E-state index contributed by atoms with van der Waals surface area (Å²) >= 11 is 0. The van der Waals surface area contributed by atoms with Crippen molar-refractivity contribution in [2.75, 3.05) is 38.3 Å². The third-order valence-corrected chi connectivity index (χ3v) is 3.36. The molecule has 0 aliphatic carbocycles. The molecule has 0 rings (SSSR count). The molecule has 2 N–H and O–H groups in total. The van der Waals surface area contributed by atoms with Gasteiger partial charge in [-0.15, -0.1) is 0 Å². The molecule has 106 valence electrons. The molecule has 0 bridgehead atoms. The summed E-state index contributed by atoms with van der Waals surface area (Å²) < 4.78 is 32.0. The van der Waals surface area contributed by atoms with Crippen molar-refractivity contribution in [1.82, 2.24) is 10.6 Å². The van der Waals surface area contributed by atoms with Crippen LogP contribution in [0.5, 0.6) is 0 Å². The summed E-state index contributed by atoms with van der Waals surface area (Å²) in [7, 11) is -2.03. The number of carbonyl (C=O) groups excluding carboxylic acids is 2. The molecule has 0 unspecified atom stereocenters. The summed E-state index contributed by atoms with van der Waals surface area (Å²) in [4.78, 5) is 21.5. The monoisotopic (exact) mass is 282 g/mol. The van der Waals surface area contributed by atoms with Gasteiger partial charge in [-0.2, -0.15) is 0 Å². The van der Waals surface area contributed by atoms with E-state index in [0.717, 1.165) is 0 Å². The second-order valence-corrected chi connectivity index (χ2v) is 5.51. The molecule has 0 aliphatic heterocycles. The molecule has 0 radical (unpaired) electrons. The Bertz CT molecular complexity index is 367. The Kier molecular flexibility index (Phi) is 7.84. The number of alkyl carbamates (subject to hydrolysis) is 2. The van der Waals surface area contributed by atoms with Crippen LogP contribution in [-0.2, 0) is 19.3 Å². The first kappa shape index (κ1) is 16.5. The van der Waals surface area contributed by atoms with Gasteiger partial charge < -0.3 is 20.1 Å². The van der Waals surface area contributed by atoms with E-state index in [-0.39, 0.29) is 24.7 Å². The van der Waals surface area contributed by atoms with Crippen LogP contribution in [0.2, 0.25) is 0 Å². The summed E-state index contributed by atoms with van der Waals surface area (Å²) in [6.07, 6.45) is -1.35. The minimum atomic E-state index is -3.41. The minimum Gasteiger partial charge on any atom is -0.448 e. The zero-order valence-electron chi connectivity index (χ0n) is 10.4. The van der Waals surface area contributed by atoms with E-state index in [1.54, 1.807) is 6.92 Å². The topological polar surface area (TPSA) is 111 Å². The molecule has 9 heteroatoms. The second-order valence-electron chi connectivity index (χ2n) is 3.20. The lowest BCUT2D eigenvalue weighted by Crippen LogP contribution is -2.28. The molecule has 0 atom stereocenters. The van der Waals surface area contributed by atoms with Gasteiger partial charge in [0.25, 0.3) is 0 Å². The molecule has 2 amide bonds. The molecule has 0 heterocycles. The van der Waals surface area contributed by atoms with E-state index in [4.69, 9.17) is 0 Å². The number of hydrogen-bond acceptors (Lipinski definition) is 6. The van der Waals surface area contributed by atoms with E-state index in [1.165, 1.54) is 7.05 Å². The molecule has 0 aromatic heterocycles. The first-order chi connectivity index (χ1) is 8.41. The molecule has 0 fully saturated rings. The van der Waals surface area contributed by atoms with Crippen LogP contribution in [0.4, 0.5) is 9.59 Å². The number of nitrogens with one attached hydrogen (secondary N) is 2. The minimum absolute atomic E-state index is 0.228. The maximum atomic E-state index is 11.4. The molecular formula is C9H18N2O6S. The van der Waals surface area contributed by atoms with Gasteiger partial charge in [0.15, 0.2) is 9.84 Å². The van der Waals surface area contributed by atoms with Crippen LogP contribution in [0.25, 0.3) is 0 Å². The molecular weight excluding hydrogens is 264 g/mol. The number of rotatable bonds is 7. The van der Waals surface area contributed by atoms with Crippen molar-refractivity contribution in [3.63, 3.8) is 0 Å².